The average molecular weight is 384 g/mol. The molecule has 0 spiro atoms. The van der Waals surface area contributed by atoms with E-state index in [1.54, 1.807) is 0 Å². The molecule has 0 bridgehead atoms. The van der Waals surface area contributed by atoms with E-state index in [2.05, 4.69) is 97.3 Å². The quantitative estimate of drug-likeness (QED) is 0.467. The number of rotatable bonds is 5. The predicted octanol–water partition coefficient (Wildman–Crippen LogP) is 7.03. The number of hydrogen-bond donors (Lipinski definition) is 1. The van der Waals surface area contributed by atoms with Gasteiger partial charge in [0.05, 0.1) is 5.54 Å². The zero-order chi connectivity index (χ0) is 19.9. The van der Waals surface area contributed by atoms with Gasteiger partial charge in [-0.15, -0.1) is 0 Å². The predicted molar refractivity (Wildman–Crippen MR) is 123 cm³/mol. The molecule has 1 heteroatoms. The molecule has 1 aliphatic rings. The normalized spacial score (nSPS) is 16.2. The van der Waals surface area contributed by atoms with Gasteiger partial charge in [-0.1, -0.05) is 117 Å². The Bertz CT molecular complexity index is 820. The molecule has 0 aliphatic heterocycles. The summed E-state index contributed by atoms with van der Waals surface area (Å²) in [7, 11) is 2.07. The van der Waals surface area contributed by atoms with E-state index in [9.17, 15) is 0 Å². The summed E-state index contributed by atoms with van der Waals surface area (Å²) in [6, 6.07) is 31.1. The Balaban J connectivity index is 1.73. The van der Waals surface area contributed by atoms with Crippen LogP contribution in [-0.4, -0.2) is 7.05 Å². The van der Waals surface area contributed by atoms with Crippen LogP contribution in [0.25, 0.3) is 0 Å². The first-order valence-corrected chi connectivity index (χ1v) is 11.2. The van der Waals surface area contributed by atoms with E-state index in [1.807, 2.05) is 0 Å². The smallest absolute Gasteiger partial charge is 0.0945 e. The first-order valence-electron chi connectivity index (χ1n) is 11.2. The van der Waals surface area contributed by atoms with Crippen molar-refractivity contribution < 1.29 is 0 Å². The molecular weight excluding hydrogens is 350 g/mol. The maximum absolute atomic E-state index is 3.68. The first-order chi connectivity index (χ1) is 14.3. The van der Waals surface area contributed by atoms with Crippen LogP contribution in [0, 0.1) is 0 Å². The molecule has 1 saturated carbocycles. The van der Waals surface area contributed by atoms with Crippen molar-refractivity contribution in [2.24, 2.45) is 0 Å². The van der Waals surface area contributed by atoms with E-state index < -0.39 is 0 Å². The summed E-state index contributed by atoms with van der Waals surface area (Å²) in [4.78, 5) is 0. The topological polar surface area (TPSA) is 12.0 Å². The van der Waals surface area contributed by atoms with E-state index in [-0.39, 0.29) is 5.54 Å². The fourth-order valence-corrected chi connectivity index (χ4v) is 5.10. The monoisotopic (exact) mass is 383 g/mol. The highest BCUT2D eigenvalue weighted by Crippen LogP contribution is 2.38. The van der Waals surface area contributed by atoms with Gasteiger partial charge in [0.2, 0.25) is 0 Å². The lowest BCUT2D eigenvalue weighted by Crippen LogP contribution is -2.42. The van der Waals surface area contributed by atoms with Crippen LogP contribution in [0.4, 0.5) is 0 Å². The van der Waals surface area contributed by atoms with Gasteiger partial charge in [0.1, 0.15) is 0 Å². The average Bonchev–Trinajstić information content (AvgIpc) is 2.77. The van der Waals surface area contributed by atoms with Crippen LogP contribution in [0.3, 0.4) is 0 Å². The van der Waals surface area contributed by atoms with Gasteiger partial charge < -0.3 is 5.32 Å². The molecule has 1 nitrogen and oxygen atoms in total. The Hall–Kier alpha value is -2.38. The number of nitrogens with one attached hydrogen (secondary N) is 1. The molecule has 0 unspecified atom stereocenters. The molecule has 0 atom stereocenters. The van der Waals surface area contributed by atoms with Crippen LogP contribution >= 0.6 is 0 Å². The molecule has 0 heterocycles. The van der Waals surface area contributed by atoms with Gasteiger partial charge in [-0.25, -0.2) is 0 Å². The second kappa shape index (κ2) is 9.41. The number of benzene rings is 3. The second-order valence-corrected chi connectivity index (χ2v) is 8.40. The summed E-state index contributed by atoms with van der Waals surface area (Å²) in [6.45, 7) is 0. The maximum Gasteiger partial charge on any atom is 0.0945 e. The highest BCUT2D eigenvalue weighted by molar-refractivity contribution is 5.50. The van der Waals surface area contributed by atoms with Crippen molar-refractivity contribution in [1.29, 1.82) is 0 Å². The van der Waals surface area contributed by atoms with Crippen LogP contribution in [0.1, 0.15) is 73.1 Å². The van der Waals surface area contributed by atoms with E-state index in [1.165, 1.54) is 67.2 Å². The van der Waals surface area contributed by atoms with Gasteiger partial charge in [-0.2, -0.15) is 0 Å². The third-order valence-electron chi connectivity index (χ3n) is 6.71. The molecular formula is C28H33N. The molecule has 1 fully saturated rings. The Morgan fingerprint density at radius 3 is 1.52 bits per heavy atom. The summed E-state index contributed by atoms with van der Waals surface area (Å²) >= 11 is 0. The third kappa shape index (κ3) is 4.16. The lowest BCUT2D eigenvalue weighted by molar-refractivity contribution is 0.455. The second-order valence-electron chi connectivity index (χ2n) is 8.40. The lowest BCUT2D eigenvalue weighted by Gasteiger charge is -2.36. The molecule has 4 rings (SSSR count). The molecule has 0 amide bonds. The van der Waals surface area contributed by atoms with Crippen molar-refractivity contribution >= 4 is 0 Å². The molecule has 0 aromatic heterocycles. The van der Waals surface area contributed by atoms with Crippen LogP contribution < -0.4 is 5.32 Å². The van der Waals surface area contributed by atoms with Gasteiger partial charge in [0.15, 0.2) is 0 Å². The van der Waals surface area contributed by atoms with Crippen molar-refractivity contribution in [3.63, 3.8) is 0 Å². The van der Waals surface area contributed by atoms with Gasteiger partial charge in [0, 0.05) is 0 Å². The van der Waals surface area contributed by atoms with E-state index in [0.717, 1.165) is 5.92 Å². The SMILES string of the molecule is CNC(c1ccccc1)(c1ccccc1)c1ccc(C2CCCCCCC2)cc1. The zero-order valence-electron chi connectivity index (χ0n) is 17.6. The zero-order valence-corrected chi connectivity index (χ0v) is 17.6. The Morgan fingerprint density at radius 2 is 1.03 bits per heavy atom. The Kier molecular flexibility index (Phi) is 6.46. The minimum atomic E-state index is -0.345. The lowest BCUT2D eigenvalue weighted by atomic mass is 9.76. The maximum atomic E-state index is 3.68. The molecule has 150 valence electrons. The van der Waals surface area contributed by atoms with Gasteiger partial charge in [-0.05, 0) is 48.1 Å². The summed E-state index contributed by atoms with van der Waals surface area (Å²) in [5.74, 6) is 0.724. The molecule has 0 radical (unpaired) electrons. The minimum absolute atomic E-state index is 0.345. The third-order valence-corrected chi connectivity index (χ3v) is 6.71. The highest BCUT2D eigenvalue weighted by Gasteiger charge is 2.34. The minimum Gasteiger partial charge on any atom is -0.303 e. The number of hydrogen-bond acceptors (Lipinski definition) is 1. The Morgan fingerprint density at radius 1 is 0.586 bits per heavy atom. The van der Waals surface area contributed by atoms with Crippen molar-refractivity contribution in [1.82, 2.24) is 5.32 Å². The van der Waals surface area contributed by atoms with E-state index in [4.69, 9.17) is 0 Å². The van der Waals surface area contributed by atoms with Crippen molar-refractivity contribution in [3.8, 4) is 0 Å². The summed E-state index contributed by atoms with van der Waals surface area (Å²) in [5.41, 5.74) is 5.01. The Labute approximate surface area is 176 Å². The summed E-state index contributed by atoms with van der Waals surface area (Å²) in [5, 5.41) is 3.68. The molecule has 29 heavy (non-hydrogen) atoms. The first kappa shape index (κ1) is 19.9. The van der Waals surface area contributed by atoms with E-state index in [0.29, 0.717) is 0 Å². The molecule has 3 aromatic rings. The molecule has 0 saturated heterocycles. The summed E-state index contributed by atoms with van der Waals surface area (Å²) < 4.78 is 0. The summed E-state index contributed by atoms with van der Waals surface area (Å²) in [6.07, 6.45) is 9.66. The standard InChI is InChI=1S/C28H33N/c1-29-28(25-15-9-5-10-16-25,26-17-11-6-12-18-26)27-21-19-24(20-22-27)23-13-7-3-2-4-8-14-23/h5-6,9-12,15-23,29H,2-4,7-8,13-14H2,1H3. The van der Waals surface area contributed by atoms with Gasteiger partial charge >= 0.3 is 0 Å². The van der Waals surface area contributed by atoms with Crippen LogP contribution in [0.15, 0.2) is 84.9 Å². The fourth-order valence-electron chi connectivity index (χ4n) is 5.10. The largest absolute Gasteiger partial charge is 0.303 e. The van der Waals surface area contributed by atoms with Crippen molar-refractivity contribution in [3.05, 3.63) is 107 Å². The van der Waals surface area contributed by atoms with Crippen molar-refractivity contribution in [2.45, 2.75) is 56.4 Å². The molecule has 3 aromatic carbocycles. The van der Waals surface area contributed by atoms with Gasteiger partial charge in [-0.3, -0.25) is 0 Å². The van der Waals surface area contributed by atoms with E-state index >= 15 is 0 Å². The van der Waals surface area contributed by atoms with Crippen LogP contribution in [0.5, 0.6) is 0 Å². The van der Waals surface area contributed by atoms with Crippen LogP contribution in [-0.2, 0) is 5.54 Å². The molecule has 1 aliphatic carbocycles. The molecule has 1 N–H and O–H groups in total. The fraction of sp³-hybridized carbons (Fsp3) is 0.357. The van der Waals surface area contributed by atoms with Crippen molar-refractivity contribution in [2.75, 3.05) is 7.05 Å². The highest BCUT2D eigenvalue weighted by atomic mass is 14.9. The van der Waals surface area contributed by atoms with Gasteiger partial charge in [0.25, 0.3) is 0 Å². The van der Waals surface area contributed by atoms with Crippen LogP contribution in [0.2, 0.25) is 0 Å².